The standard InChI is InChI=1S/C22H27N5O2/c1-16-15-23-19(26(16)2)11-10-18-9-6-14-27(18)21(28)13-12-20-24-22(25-29-20)17-7-4-3-5-8-17/h3-5,7-8,15,18H,6,9-14H2,1-2H3. The SMILES string of the molecule is Cc1cnc(CCC2CCCN2C(=O)CCc2nc(-c3ccccc3)no2)n1C. The van der Waals surface area contributed by atoms with Crippen molar-refractivity contribution in [3.05, 3.63) is 53.9 Å². The molecule has 3 aromatic rings. The third-order valence-electron chi connectivity index (χ3n) is 5.77. The molecule has 1 aliphatic rings. The van der Waals surface area contributed by atoms with Crippen LogP contribution in [0.2, 0.25) is 0 Å². The molecule has 1 fully saturated rings. The number of carbonyl (C=O) groups is 1. The van der Waals surface area contributed by atoms with Crippen molar-refractivity contribution >= 4 is 5.91 Å². The van der Waals surface area contributed by atoms with Gasteiger partial charge in [0.2, 0.25) is 17.6 Å². The largest absolute Gasteiger partial charge is 0.340 e. The molecule has 2 aromatic heterocycles. The number of benzene rings is 1. The van der Waals surface area contributed by atoms with Crippen molar-refractivity contribution in [2.45, 2.75) is 51.5 Å². The molecule has 7 nitrogen and oxygen atoms in total. The van der Waals surface area contributed by atoms with Crippen LogP contribution in [0, 0.1) is 6.92 Å². The maximum atomic E-state index is 12.8. The second kappa shape index (κ2) is 8.59. The Morgan fingerprint density at radius 3 is 2.83 bits per heavy atom. The molecule has 0 saturated carbocycles. The molecule has 152 valence electrons. The van der Waals surface area contributed by atoms with Gasteiger partial charge in [0.25, 0.3) is 0 Å². The molecule has 0 spiro atoms. The van der Waals surface area contributed by atoms with Gasteiger partial charge < -0.3 is 14.0 Å². The van der Waals surface area contributed by atoms with Crippen LogP contribution in [0.15, 0.2) is 41.1 Å². The number of imidazole rings is 1. The molecule has 0 aliphatic carbocycles. The minimum absolute atomic E-state index is 0.169. The fourth-order valence-corrected chi connectivity index (χ4v) is 3.96. The first-order valence-corrected chi connectivity index (χ1v) is 10.3. The summed E-state index contributed by atoms with van der Waals surface area (Å²) in [6, 6.07) is 10.0. The number of rotatable bonds is 7. The number of hydrogen-bond donors (Lipinski definition) is 0. The molecular weight excluding hydrogens is 366 g/mol. The number of likely N-dealkylation sites (tertiary alicyclic amines) is 1. The lowest BCUT2D eigenvalue weighted by molar-refractivity contribution is -0.132. The highest BCUT2D eigenvalue weighted by molar-refractivity contribution is 5.77. The molecule has 0 bridgehead atoms. The molecule has 4 rings (SSSR count). The van der Waals surface area contributed by atoms with Gasteiger partial charge in [-0.25, -0.2) is 4.98 Å². The molecule has 1 atom stereocenters. The van der Waals surface area contributed by atoms with E-state index in [2.05, 4.69) is 26.6 Å². The Morgan fingerprint density at radius 2 is 2.07 bits per heavy atom. The molecule has 1 amide bonds. The van der Waals surface area contributed by atoms with Gasteiger partial charge in [-0.05, 0) is 26.2 Å². The highest BCUT2D eigenvalue weighted by atomic mass is 16.5. The summed E-state index contributed by atoms with van der Waals surface area (Å²) in [5, 5.41) is 4.03. The first-order valence-electron chi connectivity index (χ1n) is 10.3. The predicted octanol–water partition coefficient (Wildman–Crippen LogP) is 3.33. The number of hydrogen-bond acceptors (Lipinski definition) is 5. The highest BCUT2D eigenvalue weighted by Gasteiger charge is 2.28. The average molecular weight is 393 g/mol. The normalized spacial score (nSPS) is 16.5. The van der Waals surface area contributed by atoms with Gasteiger partial charge in [0, 0.05) is 56.4 Å². The van der Waals surface area contributed by atoms with E-state index < -0.39 is 0 Å². The monoisotopic (exact) mass is 393 g/mol. The van der Waals surface area contributed by atoms with Gasteiger partial charge >= 0.3 is 0 Å². The van der Waals surface area contributed by atoms with E-state index in [0.29, 0.717) is 30.6 Å². The van der Waals surface area contributed by atoms with Crippen LogP contribution in [0.25, 0.3) is 11.4 Å². The molecule has 1 aromatic carbocycles. The van der Waals surface area contributed by atoms with Crippen LogP contribution in [0.3, 0.4) is 0 Å². The van der Waals surface area contributed by atoms with E-state index in [-0.39, 0.29) is 5.91 Å². The molecule has 7 heteroatoms. The second-order valence-electron chi connectivity index (χ2n) is 7.67. The van der Waals surface area contributed by atoms with E-state index in [0.717, 1.165) is 49.3 Å². The fraction of sp³-hybridized carbons (Fsp3) is 0.455. The molecule has 1 aliphatic heterocycles. The first-order chi connectivity index (χ1) is 14.1. The summed E-state index contributed by atoms with van der Waals surface area (Å²) in [4.78, 5) is 23.7. The minimum atomic E-state index is 0.169. The van der Waals surface area contributed by atoms with Crippen LogP contribution in [0.5, 0.6) is 0 Å². The van der Waals surface area contributed by atoms with E-state index in [1.165, 1.54) is 0 Å². The molecule has 0 N–H and O–H groups in total. The Balaban J connectivity index is 1.31. The van der Waals surface area contributed by atoms with Gasteiger partial charge in [-0.15, -0.1) is 0 Å². The summed E-state index contributed by atoms with van der Waals surface area (Å²) < 4.78 is 7.46. The first kappa shape index (κ1) is 19.4. The third-order valence-corrected chi connectivity index (χ3v) is 5.77. The van der Waals surface area contributed by atoms with E-state index in [1.54, 1.807) is 0 Å². The van der Waals surface area contributed by atoms with Crippen molar-refractivity contribution in [1.82, 2.24) is 24.6 Å². The van der Waals surface area contributed by atoms with Crippen LogP contribution in [-0.4, -0.2) is 43.1 Å². The van der Waals surface area contributed by atoms with E-state index >= 15 is 0 Å². The number of amides is 1. The zero-order chi connectivity index (χ0) is 20.2. The van der Waals surface area contributed by atoms with Gasteiger partial charge in [0.15, 0.2) is 0 Å². The van der Waals surface area contributed by atoms with Crippen molar-refractivity contribution in [2.24, 2.45) is 7.05 Å². The van der Waals surface area contributed by atoms with Crippen LogP contribution >= 0.6 is 0 Å². The number of nitrogens with zero attached hydrogens (tertiary/aromatic N) is 5. The maximum Gasteiger partial charge on any atom is 0.227 e. The van der Waals surface area contributed by atoms with Crippen molar-refractivity contribution in [3.8, 4) is 11.4 Å². The van der Waals surface area contributed by atoms with Gasteiger partial charge in [-0.3, -0.25) is 4.79 Å². The Morgan fingerprint density at radius 1 is 1.24 bits per heavy atom. The molecular formula is C22H27N5O2. The zero-order valence-electron chi connectivity index (χ0n) is 17.0. The lowest BCUT2D eigenvalue weighted by Gasteiger charge is -2.24. The quantitative estimate of drug-likeness (QED) is 0.615. The molecule has 0 radical (unpaired) electrons. The lowest BCUT2D eigenvalue weighted by atomic mass is 10.1. The van der Waals surface area contributed by atoms with Gasteiger partial charge in [-0.1, -0.05) is 35.5 Å². The molecule has 1 saturated heterocycles. The summed E-state index contributed by atoms with van der Waals surface area (Å²) in [7, 11) is 2.04. The van der Waals surface area contributed by atoms with E-state index in [9.17, 15) is 4.79 Å². The highest BCUT2D eigenvalue weighted by Crippen LogP contribution is 2.23. The number of aryl methyl sites for hydroxylation is 3. The predicted molar refractivity (Wildman–Crippen MR) is 109 cm³/mol. The van der Waals surface area contributed by atoms with Crippen LogP contribution in [-0.2, 0) is 24.7 Å². The maximum absolute atomic E-state index is 12.8. The molecule has 1 unspecified atom stereocenters. The summed E-state index contributed by atoms with van der Waals surface area (Å²) >= 11 is 0. The van der Waals surface area contributed by atoms with Crippen molar-refractivity contribution in [1.29, 1.82) is 0 Å². The summed E-state index contributed by atoms with van der Waals surface area (Å²) in [6.07, 6.45) is 6.75. The number of carbonyl (C=O) groups excluding carboxylic acids is 1. The topological polar surface area (TPSA) is 77.1 Å². The van der Waals surface area contributed by atoms with Crippen molar-refractivity contribution in [3.63, 3.8) is 0 Å². The second-order valence-corrected chi connectivity index (χ2v) is 7.67. The van der Waals surface area contributed by atoms with Gasteiger partial charge in [-0.2, -0.15) is 4.98 Å². The summed E-state index contributed by atoms with van der Waals surface area (Å²) in [5.74, 6) is 2.33. The average Bonchev–Trinajstić information content (AvgIpc) is 3.47. The summed E-state index contributed by atoms with van der Waals surface area (Å²) in [6.45, 7) is 2.89. The van der Waals surface area contributed by atoms with Gasteiger partial charge in [0.1, 0.15) is 5.82 Å². The zero-order valence-corrected chi connectivity index (χ0v) is 17.0. The van der Waals surface area contributed by atoms with Crippen molar-refractivity contribution < 1.29 is 9.32 Å². The molecule has 3 heterocycles. The van der Waals surface area contributed by atoms with Crippen LogP contribution in [0.4, 0.5) is 0 Å². The third kappa shape index (κ3) is 4.39. The molecule has 29 heavy (non-hydrogen) atoms. The Kier molecular flexibility index (Phi) is 5.74. The Labute approximate surface area is 170 Å². The minimum Gasteiger partial charge on any atom is -0.340 e. The fourth-order valence-electron chi connectivity index (χ4n) is 3.96. The van der Waals surface area contributed by atoms with Gasteiger partial charge in [0.05, 0.1) is 0 Å². The Bertz CT molecular complexity index is 963. The van der Waals surface area contributed by atoms with Crippen LogP contribution < -0.4 is 0 Å². The number of aromatic nitrogens is 4. The van der Waals surface area contributed by atoms with E-state index in [1.807, 2.05) is 48.5 Å². The summed E-state index contributed by atoms with van der Waals surface area (Å²) in [5.41, 5.74) is 2.08. The van der Waals surface area contributed by atoms with Crippen molar-refractivity contribution in [2.75, 3.05) is 6.54 Å². The van der Waals surface area contributed by atoms with Crippen LogP contribution in [0.1, 0.15) is 43.1 Å². The Hall–Kier alpha value is -2.96. The smallest absolute Gasteiger partial charge is 0.227 e. The van der Waals surface area contributed by atoms with E-state index in [4.69, 9.17) is 4.52 Å². The lowest BCUT2D eigenvalue weighted by Crippen LogP contribution is -2.36.